The predicted molar refractivity (Wildman–Crippen MR) is 111 cm³/mol. The number of halogens is 2. The summed E-state index contributed by atoms with van der Waals surface area (Å²) in [7, 11) is -3.13. The molecule has 2 atom stereocenters. The number of ether oxygens (including phenoxy) is 1. The average Bonchev–Trinajstić information content (AvgIpc) is 3.02. The Morgan fingerprint density at radius 2 is 1.93 bits per heavy atom. The van der Waals surface area contributed by atoms with Gasteiger partial charge in [-0.1, -0.05) is 53.5 Å². The maximum atomic E-state index is 13.2. The van der Waals surface area contributed by atoms with E-state index in [1.54, 1.807) is 30.0 Å². The molecule has 1 aliphatic rings. The van der Waals surface area contributed by atoms with Crippen LogP contribution in [-0.4, -0.2) is 42.9 Å². The second kappa shape index (κ2) is 8.72. The molecule has 1 fully saturated rings. The highest BCUT2D eigenvalue weighted by molar-refractivity contribution is 7.91. The summed E-state index contributed by atoms with van der Waals surface area (Å²) in [4.78, 5) is 14.8. The van der Waals surface area contributed by atoms with Crippen LogP contribution in [0.25, 0.3) is 0 Å². The van der Waals surface area contributed by atoms with Crippen LogP contribution in [0.4, 0.5) is 0 Å². The fraction of sp³-hybridized carbons (Fsp3) is 0.350. The van der Waals surface area contributed by atoms with Gasteiger partial charge in [0.25, 0.3) is 5.91 Å². The Morgan fingerprint density at radius 3 is 2.54 bits per heavy atom. The molecule has 150 valence electrons. The minimum Gasteiger partial charge on any atom is -0.479 e. The zero-order chi connectivity index (χ0) is 20.3. The molecule has 0 aromatic heterocycles. The molecule has 3 rings (SSSR count). The zero-order valence-electron chi connectivity index (χ0n) is 15.3. The summed E-state index contributed by atoms with van der Waals surface area (Å²) in [5, 5.41) is 0.781. The van der Waals surface area contributed by atoms with Gasteiger partial charge >= 0.3 is 0 Å². The van der Waals surface area contributed by atoms with Gasteiger partial charge in [0.15, 0.2) is 15.9 Å². The molecule has 0 saturated carbocycles. The third kappa shape index (κ3) is 5.19. The summed E-state index contributed by atoms with van der Waals surface area (Å²) in [6.07, 6.45) is -0.402. The van der Waals surface area contributed by atoms with Crippen molar-refractivity contribution < 1.29 is 17.9 Å². The summed E-state index contributed by atoms with van der Waals surface area (Å²) in [5.74, 6) is 0.136. The van der Waals surface area contributed by atoms with Crippen LogP contribution in [0.3, 0.4) is 0 Å². The number of carbonyl (C=O) groups is 1. The fourth-order valence-corrected chi connectivity index (χ4v) is 5.42. The van der Waals surface area contributed by atoms with Crippen LogP contribution in [-0.2, 0) is 21.2 Å². The lowest BCUT2D eigenvalue weighted by molar-refractivity contribution is -0.140. The minimum atomic E-state index is -3.13. The van der Waals surface area contributed by atoms with Gasteiger partial charge < -0.3 is 9.64 Å². The van der Waals surface area contributed by atoms with E-state index in [1.165, 1.54) is 0 Å². The second-order valence-electron chi connectivity index (χ2n) is 6.84. The van der Waals surface area contributed by atoms with Crippen molar-refractivity contribution >= 4 is 38.9 Å². The fourth-order valence-electron chi connectivity index (χ4n) is 3.23. The highest BCUT2D eigenvalue weighted by Gasteiger charge is 2.36. The van der Waals surface area contributed by atoms with Crippen LogP contribution >= 0.6 is 23.2 Å². The van der Waals surface area contributed by atoms with Gasteiger partial charge in [0.05, 0.1) is 16.5 Å². The van der Waals surface area contributed by atoms with Gasteiger partial charge in [-0.15, -0.1) is 0 Å². The number of benzene rings is 2. The number of amides is 1. The van der Waals surface area contributed by atoms with E-state index in [2.05, 4.69) is 0 Å². The lowest BCUT2D eigenvalue weighted by Crippen LogP contribution is -2.46. The molecule has 1 aliphatic heterocycles. The third-order valence-electron chi connectivity index (χ3n) is 4.67. The highest BCUT2D eigenvalue weighted by Crippen LogP contribution is 2.29. The molecule has 0 bridgehead atoms. The van der Waals surface area contributed by atoms with Gasteiger partial charge in [-0.2, -0.15) is 0 Å². The van der Waals surface area contributed by atoms with E-state index in [1.807, 2.05) is 30.3 Å². The van der Waals surface area contributed by atoms with Crippen LogP contribution < -0.4 is 4.74 Å². The molecule has 0 spiro atoms. The number of hydrogen-bond donors (Lipinski definition) is 0. The molecule has 2 aromatic rings. The zero-order valence-corrected chi connectivity index (χ0v) is 17.7. The molecule has 1 amide bonds. The quantitative estimate of drug-likeness (QED) is 0.679. The van der Waals surface area contributed by atoms with Gasteiger partial charge in [-0.3, -0.25) is 4.79 Å². The van der Waals surface area contributed by atoms with E-state index in [0.717, 1.165) is 5.56 Å². The molecule has 5 nitrogen and oxygen atoms in total. The van der Waals surface area contributed by atoms with Crippen molar-refractivity contribution in [1.82, 2.24) is 4.90 Å². The van der Waals surface area contributed by atoms with Crippen molar-refractivity contribution in [2.45, 2.75) is 32.0 Å². The summed E-state index contributed by atoms with van der Waals surface area (Å²) in [5.41, 5.74) is 0.928. The molecular weight excluding hydrogens is 421 g/mol. The Balaban J connectivity index is 1.80. The summed E-state index contributed by atoms with van der Waals surface area (Å²) in [6.45, 7) is 1.95. The summed E-state index contributed by atoms with van der Waals surface area (Å²) < 4.78 is 29.7. The van der Waals surface area contributed by atoms with Crippen molar-refractivity contribution in [1.29, 1.82) is 0 Å². The van der Waals surface area contributed by atoms with Gasteiger partial charge in [0.1, 0.15) is 5.75 Å². The maximum absolute atomic E-state index is 13.2. The second-order valence-corrected chi connectivity index (χ2v) is 9.92. The number of rotatable bonds is 6. The minimum absolute atomic E-state index is 0.0278. The first-order valence-corrected chi connectivity index (χ1v) is 11.5. The molecule has 0 radical (unpaired) electrons. The van der Waals surface area contributed by atoms with Gasteiger partial charge in [0.2, 0.25) is 0 Å². The maximum Gasteiger partial charge on any atom is 0.263 e. The van der Waals surface area contributed by atoms with Crippen molar-refractivity contribution in [2.75, 3.05) is 11.5 Å². The summed E-state index contributed by atoms with van der Waals surface area (Å²) in [6, 6.07) is 13.9. The predicted octanol–water partition coefficient (Wildman–Crippen LogP) is 3.98. The first-order valence-electron chi connectivity index (χ1n) is 8.92. The number of hydrogen-bond acceptors (Lipinski definition) is 4. The lowest BCUT2D eigenvalue weighted by atomic mass is 10.1. The van der Waals surface area contributed by atoms with Crippen LogP contribution in [0.5, 0.6) is 5.75 Å². The van der Waals surface area contributed by atoms with E-state index >= 15 is 0 Å². The molecule has 2 aromatic carbocycles. The van der Waals surface area contributed by atoms with Crippen LogP contribution in [0.2, 0.25) is 10.0 Å². The molecule has 1 saturated heterocycles. The Morgan fingerprint density at radius 1 is 1.21 bits per heavy atom. The number of nitrogens with zero attached hydrogens (tertiary/aromatic N) is 1. The topological polar surface area (TPSA) is 63.7 Å². The Labute approximate surface area is 175 Å². The van der Waals surface area contributed by atoms with Crippen molar-refractivity contribution in [3.8, 4) is 5.75 Å². The molecular formula is C20H21Cl2NO4S. The van der Waals surface area contributed by atoms with E-state index < -0.39 is 15.9 Å². The van der Waals surface area contributed by atoms with E-state index in [-0.39, 0.29) is 23.5 Å². The summed E-state index contributed by atoms with van der Waals surface area (Å²) >= 11 is 12.0. The molecule has 0 aliphatic carbocycles. The Kier molecular flexibility index (Phi) is 6.53. The number of carbonyl (C=O) groups excluding carboxylic acids is 1. The monoisotopic (exact) mass is 441 g/mol. The standard InChI is InChI=1S/C20H21Cl2NO4S/c1-14(27-19-8-7-16(21)11-18(19)22)20(24)23(12-15-5-3-2-4-6-15)17-9-10-28(25,26)13-17/h2-8,11,14,17H,9-10,12-13H2,1H3. The first kappa shape index (κ1) is 21.0. The highest BCUT2D eigenvalue weighted by atomic mass is 35.5. The molecule has 28 heavy (non-hydrogen) atoms. The van der Waals surface area contributed by atoms with Crippen molar-refractivity contribution in [3.05, 3.63) is 64.1 Å². The van der Waals surface area contributed by atoms with Crippen molar-refractivity contribution in [2.24, 2.45) is 0 Å². The molecule has 0 N–H and O–H groups in total. The van der Waals surface area contributed by atoms with Crippen LogP contribution in [0.15, 0.2) is 48.5 Å². The van der Waals surface area contributed by atoms with Gasteiger partial charge in [-0.05, 0) is 37.1 Å². The Bertz CT molecular complexity index is 950. The molecule has 8 heteroatoms. The van der Waals surface area contributed by atoms with Gasteiger partial charge in [-0.25, -0.2) is 8.42 Å². The third-order valence-corrected chi connectivity index (χ3v) is 6.95. The van der Waals surface area contributed by atoms with E-state index in [4.69, 9.17) is 27.9 Å². The van der Waals surface area contributed by atoms with Crippen LogP contribution in [0, 0.1) is 0 Å². The normalized spacial score (nSPS) is 19.2. The van der Waals surface area contributed by atoms with E-state index in [0.29, 0.717) is 28.8 Å². The van der Waals surface area contributed by atoms with Gasteiger partial charge in [0, 0.05) is 17.6 Å². The average molecular weight is 442 g/mol. The largest absolute Gasteiger partial charge is 0.479 e. The lowest BCUT2D eigenvalue weighted by Gasteiger charge is -2.31. The number of sulfone groups is 1. The Hall–Kier alpha value is -1.76. The molecule has 1 heterocycles. The van der Waals surface area contributed by atoms with Crippen molar-refractivity contribution in [3.63, 3.8) is 0 Å². The van der Waals surface area contributed by atoms with Crippen LogP contribution in [0.1, 0.15) is 18.9 Å². The molecule has 2 unspecified atom stereocenters. The SMILES string of the molecule is CC(Oc1ccc(Cl)cc1Cl)C(=O)N(Cc1ccccc1)C1CCS(=O)(=O)C1. The first-order chi connectivity index (χ1) is 13.2. The van der Waals surface area contributed by atoms with E-state index in [9.17, 15) is 13.2 Å². The smallest absolute Gasteiger partial charge is 0.263 e.